The van der Waals surface area contributed by atoms with E-state index in [2.05, 4.69) is 0 Å². The van der Waals surface area contributed by atoms with Gasteiger partial charge in [-0.2, -0.15) is 13.2 Å². The van der Waals surface area contributed by atoms with E-state index in [1.165, 1.54) is 6.07 Å². The number of aromatic nitrogens is 1. The molecule has 5 heteroatoms. The van der Waals surface area contributed by atoms with Gasteiger partial charge in [-0.25, -0.2) is 0 Å². The van der Waals surface area contributed by atoms with Crippen molar-refractivity contribution in [2.75, 3.05) is 6.54 Å². The fourth-order valence-corrected chi connectivity index (χ4v) is 2.81. The maximum atomic E-state index is 12.9. The molecular formula is C13H13F3N2. The molecule has 0 saturated carbocycles. The Hall–Kier alpha value is -1.49. The standard InChI is InChI=1S/C13H13F3N2/c14-13(15,16)10-2-1-3-11-9(10)6-12-8(7-17)4-5-18(11)12/h1-3,6,8H,4-5,7,17H2. The Kier molecular flexibility index (Phi) is 2.41. The molecule has 2 N–H and O–H groups in total. The third-order valence-electron chi connectivity index (χ3n) is 3.69. The van der Waals surface area contributed by atoms with E-state index in [-0.39, 0.29) is 11.3 Å². The first-order valence-corrected chi connectivity index (χ1v) is 5.92. The van der Waals surface area contributed by atoms with Gasteiger partial charge in [0.1, 0.15) is 0 Å². The Morgan fingerprint density at radius 3 is 2.78 bits per heavy atom. The monoisotopic (exact) mass is 254 g/mol. The number of halogens is 3. The van der Waals surface area contributed by atoms with Crippen molar-refractivity contribution in [2.45, 2.75) is 25.1 Å². The maximum absolute atomic E-state index is 12.9. The molecule has 1 aromatic heterocycles. The lowest BCUT2D eigenvalue weighted by atomic mass is 10.0. The third-order valence-corrected chi connectivity index (χ3v) is 3.69. The Morgan fingerprint density at radius 2 is 2.11 bits per heavy atom. The average Bonchev–Trinajstić information content (AvgIpc) is 2.84. The van der Waals surface area contributed by atoms with Crippen molar-refractivity contribution < 1.29 is 13.2 Å². The molecule has 0 saturated heterocycles. The van der Waals surface area contributed by atoms with Gasteiger partial charge in [0.05, 0.1) is 5.56 Å². The minimum absolute atomic E-state index is 0.179. The largest absolute Gasteiger partial charge is 0.417 e. The van der Waals surface area contributed by atoms with Crippen LogP contribution in [0.4, 0.5) is 13.2 Å². The fourth-order valence-electron chi connectivity index (χ4n) is 2.81. The third kappa shape index (κ3) is 1.54. The molecule has 1 aliphatic heterocycles. The summed E-state index contributed by atoms with van der Waals surface area (Å²) in [5, 5.41) is 0.290. The highest BCUT2D eigenvalue weighted by atomic mass is 19.4. The highest BCUT2D eigenvalue weighted by Crippen LogP contribution is 2.39. The van der Waals surface area contributed by atoms with E-state index in [0.717, 1.165) is 24.7 Å². The Labute approximate surface area is 102 Å². The molecule has 1 aliphatic rings. The normalized spacial score (nSPS) is 19.4. The molecule has 18 heavy (non-hydrogen) atoms. The van der Waals surface area contributed by atoms with Crippen LogP contribution in [0.3, 0.4) is 0 Å². The smallest absolute Gasteiger partial charge is 0.344 e. The van der Waals surface area contributed by atoms with E-state index in [1.807, 2.05) is 4.57 Å². The van der Waals surface area contributed by atoms with Crippen LogP contribution in [0.5, 0.6) is 0 Å². The molecule has 1 aromatic carbocycles. The summed E-state index contributed by atoms with van der Waals surface area (Å²) >= 11 is 0. The van der Waals surface area contributed by atoms with E-state index >= 15 is 0 Å². The summed E-state index contributed by atoms with van der Waals surface area (Å²) in [5.41, 5.74) is 6.70. The summed E-state index contributed by atoms with van der Waals surface area (Å²) in [6.07, 6.45) is -3.39. The molecule has 2 heterocycles. The second-order valence-corrected chi connectivity index (χ2v) is 4.68. The summed E-state index contributed by atoms with van der Waals surface area (Å²) in [6.45, 7) is 1.24. The highest BCUT2D eigenvalue weighted by Gasteiger charge is 2.34. The van der Waals surface area contributed by atoms with Gasteiger partial charge in [-0.1, -0.05) is 6.07 Å². The van der Waals surface area contributed by atoms with Crippen LogP contribution in [0.1, 0.15) is 23.6 Å². The number of nitrogens with zero attached hydrogens (tertiary/aromatic N) is 1. The Bertz CT molecular complexity index is 598. The molecule has 0 bridgehead atoms. The maximum Gasteiger partial charge on any atom is 0.417 e. The zero-order valence-electron chi connectivity index (χ0n) is 9.67. The van der Waals surface area contributed by atoms with Gasteiger partial charge in [-0.05, 0) is 24.6 Å². The first kappa shape index (κ1) is 11.6. The van der Waals surface area contributed by atoms with Crippen molar-refractivity contribution in [3.63, 3.8) is 0 Å². The summed E-state index contributed by atoms with van der Waals surface area (Å²) in [4.78, 5) is 0. The Balaban J connectivity index is 2.26. The number of benzene rings is 1. The van der Waals surface area contributed by atoms with Crippen LogP contribution in [0.15, 0.2) is 24.3 Å². The predicted octanol–water partition coefficient (Wildman–Crippen LogP) is 3.11. The zero-order chi connectivity index (χ0) is 12.9. The molecule has 0 aliphatic carbocycles. The minimum Gasteiger partial charge on any atom is -0.344 e. The molecule has 1 unspecified atom stereocenters. The molecule has 3 rings (SSSR count). The lowest BCUT2D eigenvalue weighted by Crippen LogP contribution is -2.09. The first-order chi connectivity index (χ1) is 8.52. The minimum atomic E-state index is -4.31. The number of aryl methyl sites for hydroxylation is 1. The van der Waals surface area contributed by atoms with Crippen molar-refractivity contribution in [3.8, 4) is 0 Å². The van der Waals surface area contributed by atoms with Gasteiger partial charge in [0, 0.05) is 35.6 Å². The number of alkyl halides is 3. The second-order valence-electron chi connectivity index (χ2n) is 4.68. The van der Waals surface area contributed by atoms with Crippen LogP contribution in [0.25, 0.3) is 10.9 Å². The van der Waals surface area contributed by atoms with Gasteiger partial charge in [0.2, 0.25) is 0 Å². The summed E-state index contributed by atoms with van der Waals surface area (Å²) in [7, 11) is 0. The molecule has 0 radical (unpaired) electrons. The van der Waals surface area contributed by atoms with Crippen LogP contribution in [0.2, 0.25) is 0 Å². The van der Waals surface area contributed by atoms with E-state index < -0.39 is 11.7 Å². The number of rotatable bonds is 1. The van der Waals surface area contributed by atoms with E-state index in [9.17, 15) is 13.2 Å². The number of fused-ring (bicyclic) bond motifs is 3. The molecule has 0 spiro atoms. The van der Waals surface area contributed by atoms with Crippen LogP contribution in [-0.4, -0.2) is 11.1 Å². The number of hydrogen-bond acceptors (Lipinski definition) is 1. The quantitative estimate of drug-likeness (QED) is 0.832. The predicted molar refractivity (Wildman–Crippen MR) is 63.4 cm³/mol. The van der Waals surface area contributed by atoms with Crippen LogP contribution in [-0.2, 0) is 12.7 Å². The summed E-state index contributed by atoms with van der Waals surface area (Å²) < 4.78 is 40.7. The van der Waals surface area contributed by atoms with Gasteiger partial charge in [-0.15, -0.1) is 0 Å². The van der Waals surface area contributed by atoms with Gasteiger partial charge in [-0.3, -0.25) is 0 Å². The molecule has 96 valence electrons. The molecule has 2 nitrogen and oxygen atoms in total. The fraction of sp³-hybridized carbons (Fsp3) is 0.385. The SMILES string of the molecule is NCC1CCn2c1cc1c(C(F)(F)F)cccc12. The molecule has 2 aromatic rings. The summed E-state index contributed by atoms with van der Waals surface area (Å²) in [6, 6.07) is 6.00. The van der Waals surface area contributed by atoms with Gasteiger partial charge in [0.15, 0.2) is 0 Å². The van der Waals surface area contributed by atoms with Crippen molar-refractivity contribution in [1.82, 2.24) is 4.57 Å². The topological polar surface area (TPSA) is 30.9 Å². The number of nitrogens with two attached hydrogens (primary N) is 1. The molecule has 1 atom stereocenters. The first-order valence-electron chi connectivity index (χ1n) is 5.92. The second kappa shape index (κ2) is 3.75. The lowest BCUT2D eigenvalue weighted by molar-refractivity contribution is -0.136. The average molecular weight is 254 g/mol. The van der Waals surface area contributed by atoms with Crippen LogP contribution >= 0.6 is 0 Å². The van der Waals surface area contributed by atoms with E-state index in [0.29, 0.717) is 12.1 Å². The molecule has 0 fully saturated rings. The van der Waals surface area contributed by atoms with Gasteiger partial charge >= 0.3 is 6.18 Å². The van der Waals surface area contributed by atoms with Gasteiger partial charge < -0.3 is 10.3 Å². The summed E-state index contributed by atoms with van der Waals surface area (Å²) in [5.74, 6) is 0.179. The van der Waals surface area contributed by atoms with E-state index in [4.69, 9.17) is 5.73 Å². The van der Waals surface area contributed by atoms with Crippen molar-refractivity contribution in [2.24, 2.45) is 5.73 Å². The van der Waals surface area contributed by atoms with Crippen molar-refractivity contribution >= 4 is 10.9 Å². The van der Waals surface area contributed by atoms with E-state index in [1.54, 1.807) is 12.1 Å². The molecule has 0 amide bonds. The van der Waals surface area contributed by atoms with Crippen LogP contribution < -0.4 is 5.73 Å². The lowest BCUT2D eigenvalue weighted by Gasteiger charge is -2.08. The van der Waals surface area contributed by atoms with Crippen molar-refractivity contribution in [1.29, 1.82) is 0 Å². The highest BCUT2D eigenvalue weighted by molar-refractivity contribution is 5.85. The van der Waals surface area contributed by atoms with Gasteiger partial charge in [0.25, 0.3) is 0 Å². The molecular weight excluding hydrogens is 241 g/mol. The Morgan fingerprint density at radius 1 is 1.33 bits per heavy atom. The zero-order valence-corrected chi connectivity index (χ0v) is 9.67. The van der Waals surface area contributed by atoms with Crippen molar-refractivity contribution in [3.05, 3.63) is 35.5 Å². The van der Waals surface area contributed by atoms with Crippen LogP contribution in [0, 0.1) is 0 Å². The number of hydrogen-bond donors (Lipinski definition) is 1.